The maximum absolute atomic E-state index is 13.5. The van der Waals surface area contributed by atoms with Crippen LogP contribution in [0.25, 0.3) is 0 Å². The summed E-state index contributed by atoms with van der Waals surface area (Å²) in [5, 5.41) is 23.3. The van der Waals surface area contributed by atoms with Gasteiger partial charge >= 0.3 is 0 Å². The molecule has 0 heterocycles. The van der Waals surface area contributed by atoms with Crippen molar-refractivity contribution >= 4 is 23.0 Å². The van der Waals surface area contributed by atoms with Crippen LogP contribution in [0.15, 0.2) is 42.5 Å². The number of halogens is 1. The second-order valence-electron chi connectivity index (χ2n) is 4.51. The Balaban J connectivity index is 1.97. The summed E-state index contributed by atoms with van der Waals surface area (Å²) in [4.78, 5) is 31.6. The summed E-state index contributed by atoms with van der Waals surface area (Å²) in [6.45, 7) is -0.500. The van der Waals surface area contributed by atoms with Gasteiger partial charge in [-0.3, -0.25) is 25.0 Å². The number of amides is 1. The highest BCUT2D eigenvalue weighted by Gasteiger charge is 2.13. The molecule has 0 atom stereocenters. The summed E-state index contributed by atoms with van der Waals surface area (Å²) in [6.07, 6.45) is 0. The van der Waals surface area contributed by atoms with Gasteiger partial charge in [0.1, 0.15) is 11.6 Å². The highest BCUT2D eigenvalue weighted by Crippen LogP contribution is 2.21. The van der Waals surface area contributed by atoms with Crippen molar-refractivity contribution in [2.24, 2.45) is 0 Å². The molecule has 1 N–H and O–H groups in total. The molecule has 10 heteroatoms. The molecule has 0 aliphatic carbocycles. The molecule has 0 saturated carbocycles. The molecule has 0 fully saturated rings. The summed E-state index contributed by atoms with van der Waals surface area (Å²) in [5.74, 6) is -1.37. The van der Waals surface area contributed by atoms with Crippen molar-refractivity contribution in [3.8, 4) is 5.75 Å². The van der Waals surface area contributed by atoms with Crippen molar-refractivity contribution in [2.75, 3.05) is 11.9 Å². The van der Waals surface area contributed by atoms with Crippen LogP contribution in [0.2, 0.25) is 0 Å². The lowest BCUT2D eigenvalue weighted by Gasteiger charge is -2.08. The molecular weight excluding hydrogens is 325 g/mol. The third kappa shape index (κ3) is 4.22. The van der Waals surface area contributed by atoms with Gasteiger partial charge in [-0.15, -0.1) is 0 Å². The lowest BCUT2D eigenvalue weighted by atomic mass is 10.2. The van der Waals surface area contributed by atoms with Gasteiger partial charge in [-0.2, -0.15) is 0 Å². The normalized spacial score (nSPS) is 10.0. The van der Waals surface area contributed by atoms with Gasteiger partial charge < -0.3 is 10.1 Å². The van der Waals surface area contributed by atoms with Gasteiger partial charge in [0, 0.05) is 24.3 Å². The van der Waals surface area contributed by atoms with E-state index < -0.39 is 28.2 Å². The molecule has 2 aromatic rings. The highest BCUT2D eigenvalue weighted by atomic mass is 19.1. The van der Waals surface area contributed by atoms with Crippen molar-refractivity contribution < 1.29 is 23.8 Å². The van der Waals surface area contributed by atoms with E-state index in [1.807, 2.05) is 0 Å². The minimum Gasteiger partial charge on any atom is -0.484 e. The number of nitro benzene ring substituents is 2. The van der Waals surface area contributed by atoms with Crippen LogP contribution in [0.1, 0.15) is 0 Å². The van der Waals surface area contributed by atoms with Crippen LogP contribution in [0.4, 0.5) is 21.5 Å². The summed E-state index contributed by atoms with van der Waals surface area (Å²) in [7, 11) is 0. The number of hydrogen-bond acceptors (Lipinski definition) is 6. The second kappa shape index (κ2) is 7.13. The van der Waals surface area contributed by atoms with Crippen LogP contribution in [0.5, 0.6) is 5.75 Å². The van der Waals surface area contributed by atoms with Crippen LogP contribution >= 0.6 is 0 Å². The van der Waals surface area contributed by atoms with E-state index in [1.165, 1.54) is 24.3 Å². The van der Waals surface area contributed by atoms with Crippen LogP contribution < -0.4 is 10.1 Å². The Bertz CT molecular complexity index is 794. The zero-order valence-corrected chi connectivity index (χ0v) is 12.0. The number of non-ortho nitro benzene ring substituents is 2. The fraction of sp³-hybridized carbons (Fsp3) is 0.0714. The first-order valence-corrected chi connectivity index (χ1v) is 6.48. The van der Waals surface area contributed by atoms with E-state index >= 15 is 0 Å². The molecule has 0 saturated heterocycles. The van der Waals surface area contributed by atoms with E-state index in [-0.39, 0.29) is 22.8 Å². The predicted molar refractivity (Wildman–Crippen MR) is 80.3 cm³/mol. The predicted octanol–water partition coefficient (Wildman–Crippen LogP) is 2.66. The van der Waals surface area contributed by atoms with Crippen molar-refractivity contribution in [2.45, 2.75) is 0 Å². The minimum atomic E-state index is -0.829. The largest absolute Gasteiger partial charge is 0.484 e. The van der Waals surface area contributed by atoms with Gasteiger partial charge in [-0.1, -0.05) is 0 Å². The average Bonchev–Trinajstić information content (AvgIpc) is 2.55. The summed E-state index contributed by atoms with van der Waals surface area (Å²) < 4.78 is 18.6. The lowest BCUT2D eigenvalue weighted by Crippen LogP contribution is -2.20. The third-order valence-electron chi connectivity index (χ3n) is 2.85. The van der Waals surface area contributed by atoms with Gasteiger partial charge in [0.25, 0.3) is 17.3 Å². The number of rotatable bonds is 6. The Kier molecular flexibility index (Phi) is 5.00. The van der Waals surface area contributed by atoms with Gasteiger partial charge in [-0.05, 0) is 18.2 Å². The zero-order valence-electron chi connectivity index (χ0n) is 12.0. The first-order chi connectivity index (χ1) is 11.4. The van der Waals surface area contributed by atoms with E-state index in [4.69, 9.17) is 4.74 Å². The number of carbonyl (C=O) groups excluding carboxylic acids is 1. The number of anilines is 1. The number of ether oxygens (including phenoxy) is 1. The van der Waals surface area contributed by atoms with Crippen LogP contribution in [0.3, 0.4) is 0 Å². The number of nitrogens with one attached hydrogen (secondary N) is 1. The number of nitrogens with zero attached hydrogens (tertiary/aromatic N) is 2. The minimum absolute atomic E-state index is 0.134. The first-order valence-electron chi connectivity index (χ1n) is 6.48. The average molecular weight is 335 g/mol. The van der Waals surface area contributed by atoms with E-state index in [2.05, 4.69) is 5.32 Å². The van der Waals surface area contributed by atoms with E-state index in [9.17, 15) is 29.4 Å². The van der Waals surface area contributed by atoms with Gasteiger partial charge in [0.2, 0.25) is 0 Å². The van der Waals surface area contributed by atoms with Crippen LogP contribution in [0, 0.1) is 26.0 Å². The van der Waals surface area contributed by atoms with Crippen molar-refractivity contribution in [3.05, 3.63) is 68.5 Å². The molecule has 0 aliphatic rings. The molecule has 9 nitrogen and oxygen atoms in total. The fourth-order valence-electron chi connectivity index (χ4n) is 1.72. The molecule has 0 bridgehead atoms. The van der Waals surface area contributed by atoms with Crippen LogP contribution in [-0.2, 0) is 4.79 Å². The standard InChI is InChI=1S/C14H10FN3O6/c15-12-6-3-10(18(22)23)7-13(12)16-14(19)8-24-11-4-1-9(2-5-11)17(20)21/h1-7H,8H2,(H,16,19). The zero-order chi connectivity index (χ0) is 17.7. The third-order valence-corrected chi connectivity index (χ3v) is 2.85. The first kappa shape index (κ1) is 16.8. The molecule has 0 unspecified atom stereocenters. The van der Waals surface area contributed by atoms with Gasteiger partial charge in [0.05, 0.1) is 15.5 Å². The molecule has 2 rings (SSSR count). The smallest absolute Gasteiger partial charge is 0.271 e. The number of nitro groups is 2. The fourth-order valence-corrected chi connectivity index (χ4v) is 1.72. The van der Waals surface area contributed by atoms with E-state index in [0.29, 0.717) is 0 Å². The summed E-state index contributed by atoms with van der Waals surface area (Å²) >= 11 is 0. The Morgan fingerprint density at radius 3 is 2.21 bits per heavy atom. The summed E-state index contributed by atoms with van der Waals surface area (Å²) in [6, 6.07) is 7.74. The maximum atomic E-state index is 13.5. The molecule has 0 aliphatic heterocycles. The van der Waals surface area contributed by atoms with Crippen molar-refractivity contribution in [3.63, 3.8) is 0 Å². The van der Waals surface area contributed by atoms with Crippen molar-refractivity contribution in [1.29, 1.82) is 0 Å². The Morgan fingerprint density at radius 1 is 1.04 bits per heavy atom. The van der Waals surface area contributed by atoms with Gasteiger partial charge in [0.15, 0.2) is 6.61 Å². The molecule has 0 aromatic heterocycles. The van der Waals surface area contributed by atoms with Gasteiger partial charge in [-0.25, -0.2) is 4.39 Å². The monoisotopic (exact) mass is 335 g/mol. The lowest BCUT2D eigenvalue weighted by molar-refractivity contribution is -0.385. The SMILES string of the molecule is O=C(COc1ccc([N+](=O)[O-])cc1)Nc1cc([N+](=O)[O-])ccc1F. The molecule has 0 spiro atoms. The molecular formula is C14H10FN3O6. The highest BCUT2D eigenvalue weighted by molar-refractivity contribution is 5.92. The quantitative estimate of drug-likeness (QED) is 0.639. The van der Waals surface area contributed by atoms with Crippen LogP contribution in [-0.4, -0.2) is 22.4 Å². The van der Waals surface area contributed by atoms with E-state index in [1.54, 1.807) is 0 Å². The maximum Gasteiger partial charge on any atom is 0.271 e. The summed E-state index contributed by atoms with van der Waals surface area (Å²) in [5.41, 5.74) is -0.852. The molecule has 24 heavy (non-hydrogen) atoms. The number of hydrogen-bond donors (Lipinski definition) is 1. The molecule has 1 amide bonds. The van der Waals surface area contributed by atoms with Crippen molar-refractivity contribution in [1.82, 2.24) is 0 Å². The Hall–Kier alpha value is -3.56. The molecule has 0 radical (unpaired) electrons. The Labute approximate surface area is 134 Å². The Morgan fingerprint density at radius 2 is 1.62 bits per heavy atom. The topological polar surface area (TPSA) is 125 Å². The number of benzene rings is 2. The number of carbonyl (C=O) groups is 1. The second-order valence-corrected chi connectivity index (χ2v) is 4.51. The molecule has 2 aromatic carbocycles. The molecule has 124 valence electrons. The van der Waals surface area contributed by atoms with E-state index in [0.717, 1.165) is 18.2 Å².